The summed E-state index contributed by atoms with van der Waals surface area (Å²) < 4.78 is 27.3. The van der Waals surface area contributed by atoms with Crippen LogP contribution in [0.1, 0.15) is 174 Å². The van der Waals surface area contributed by atoms with Crippen molar-refractivity contribution in [3.05, 3.63) is 72.9 Å². The highest BCUT2D eigenvalue weighted by Gasteiger charge is 2.24. The minimum atomic E-state index is -4.25. The van der Waals surface area contributed by atoms with Gasteiger partial charge in [-0.1, -0.05) is 183 Å². The van der Waals surface area contributed by atoms with E-state index < -0.39 is 20.5 Å². The first-order chi connectivity index (χ1) is 27.6. The molecule has 0 aliphatic heterocycles. The fourth-order valence-corrected chi connectivity index (χ4v) is 6.70. The Morgan fingerprint density at radius 1 is 0.544 bits per heavy atom. The lowest BCUT2D eigenvalue weighted by Crippen LogP contribution is -2.37. The highest BCUT2D eigenvalue weighted by molar-refractivity contribution is 7.47. The van der Waals surface area contributed by atoms with Crippen molar-refractivity contribution >= 4 is 13.8 Å². The smallest absolute Gasteiger partial charge is 0.463 e. The molecular weight excluding hydrogens is 734 g/mol. The van der Waals surface area contributed by atoms with Gasteiger partial charge in [-0.05, 0) is 57.8 Å². The van der Waals surface area contributed by atoms with Crippen molar-refractivity contribution in [1.29, 1.82) is 0 Å². The van der Waals surface area contributed by atoms with Gasteiger partial charge in [-0.3, -0.25) is 13.8 Å². The normalized spacial score (nSPS) is 14.4. The van der Waals surface area contributed by atoms with Crippen molar-refractivity contribution in [1.82, 2.24) is 0 Å². The third kappa shape index (κ3) is 46.5. The largest absolute Gasteiger partial charge is 0.472 e. The second kappa shape index (κ2) is 40.7. The summed E-state index contributed by atoms with van der Waals surface area (Å²) in [5.74, 6) is -0.371. The molecule has 0 aromatic rings. The van der Waals surface area contributed by atoms with E-state index in [2.05, 4.69) is 79.8 Å². The number of carbonyl (C=O) groups is 1. The maximum Gasteiger partial charge on any atom is 0.472 e. The monoisotopic (exact) mass is 821 g/mol. The molecule has 2 atom stereocenters. The lowest BCUT2D eigenvalue weighted by atomic mass is 10.0. The first-order valence-corrected chi connectivity index (χ1v) is 24.2. The Morgan fingerprint density at radius 3 is 1.32 bits per heavy atom. The number of allylic oxidation sites excluding steroid dienone is 12. The van der Waals surface area contributed by atoms with E-state index in [-0.39, 0.29) is 19.2 Å². The number of esters is 1. The van der Waals surface area contributed by atoms with Crippen LogP contribution < -0.4 is 0 Å². The first kappa shape index (κ1) is 54.9. The molecule has 0 saturated heterocycles. The highest BCUT2D eigenvalue weighted by Crippen LogP contribution is 2.43. The van der Waals surface area contributed by atoms with E-state index in [1.54, 1.807) is 0 Å². The van der Waals surface area contributed by atoms with Crippen LogP contribution in [0.2, 0.25) is 0 Å². The molecule has 9 heteroatoms. The summed E-state index contributed by atoms with van der Waals surface area (Å²) in [5, 5.41) is 9.92. The summed E-state index contributed by atoms with van der Waals surface area (Å²) in [6.07, 6.45) is 56.7. The number of phosphoric ester groups is 1. The molecule has 0 fully saturated rings. The number of quaternary nitrogens is 1. The van der Waals surface area contributed by atoms with Crippen LogP contribution in [0.25, 0.3) is 0 Å². The Labute approximate surface area is 350 Å². The van der Waals surface area contributed by atoms with Crippen LogP contribution in [0.5, 0.6) is 0 Å². The van der Waals surface area contributed by atoms with E-state index in [0.717, 1.165) is 57.8 Å². The minimum absolute atomic E-state index is 0.0533. The number of likely N-dealkylation sites (N-methyl/N-ethyl adjacent to an activating group) is 1. The molecule has 8 nitrogen and oxygen atoms in total. The zero-order valence-electron chi connectivity index (χ0n) is 37.0. The van der Waals surface area contributed by atoms with Crippen LogP contribution in [-0.4, -0.2) is 74.1 Å². The number of aliphatic hydroxyl groups is 1. The van der Waals surface area contributed by atoms with Gasteiger partial charge in [-0.25, -0.2) is 4.57 Å². The second-order valence-electron chi connectivity index (χ2n) is 16.3. The van der Waals surface area contributed by atoms with E-state index >= 15 is 0 Å². The Hall–Kier alpha value is -2.06. The van der Waals surface area contributed by atoms with Gasteiger partial charge >= 0.3 is 13.8 Å². The van der Waals surface area contributed by atoms with E-state index in [4.69, 9.17) is 13.8 Å². The molecule has 330 valence electrons. The maximum atomic E-state index is 12.0. The van der Waals surface area contributed by atoms with Crippen LogP contribution in [0.15, 0.2) is 72.9 Å². The SMILES string of the molecule is CC/C=C\C/C=C\C/C=C\C/C=C\C/C=C\C/C=C\CCCCCCCCCCCCCCCCCCCCC(=O)OCC(O)COP(=O)(O)OCC[N+](C)(C)C. The number of rotatable bonds is 41. The highest BCUT2D eigenvalue weighted by atomic mass is 31.2. The Balaban J connectivity index is 3.41. The van der Waals surface area contributed by atoms with E-state index in [0.29, 0.717) is 17.4 Å². The van der Waals surface area contributed by atoms with E-state index in [1.807, 2.05) is 21.1 Å². The van der Waals surface area contributed by atoms with Gasteiger partial charge in [0.05, 0.1) is 27.7 Å². The molecule has 0 radical (unpaired) electrons. The molecule has 0 amide bonds. The summed E-state index contributed by atoms with van der Waals surface area (Å²) in [4.78, 5) is 21.7. The molecule has 0 aromatic carbocycles. The van der Waals surface area contributed by atoms with Gasteiger partial charge in [0.25, 0.3) is 0 Å². The van der Waals surface area contributed by atoms with Crippen LogP contribution in [-0.2, 0) is 23.1 Å². The molecule has 0 saturated carbocycles. The number of hydrogen-bond donors (Lipinski definition) is 2. The van der Waals surface area contributed by atoms with Gasteiger partial charge in [0.2, 0.25) is 0 Å². The molecule has 0 bridgehead atoms. The van der Waals surface area contributed by atoms with E-state index in [1.165, 1.54) is 103 Å². The minimum Gasteiger partial charge on any atom is -0.463 e. The van der Waals surface area contributed by atoms with Gasteiger partial charge in [0.1, 0.15) is 25.9 Å². The number of carbonyl (C=O) groups excluding carboxylic acids is 1. The lowest BCUT2D eigenvalue weighted by Gasteiger charge is -2.24. The van der Waals surface area contributed by atoms with Crippen molar-refractivity contribution in [2.45, 2.75) is 180 Å². The Bertz CT molecular complexity index is 1140. The quantitative estimate of drug-likeness (QED) is 0.0208. The average Bonchev–Trinajstić information content (AvgIpc) is 3.17. The molecule has 0 aromatic heterocycles. The molecule has 57 heavy (non-hydrogen) atoms. The summed E-state index contributed by atoms with van der Waals surface area (Å²) in [6, 6.07) is 0. The average molecular weight is 821 g/mol. The number of aliphatic hydroxyl groups excluding tert-OH is 1. The molecule has 0 spiro atoms. The number of unbranched alkanes of at least 4 members (excludes halogenated alkanes) is 18. The van der Waals surface area contributed by atoms with Crippen molar-refractivity contribution in [2.75, 3.05) is 47.5 Å². The second-order valence-corrected chi connectivity index (χ2v) is 17.7. The molecule has 0 aliphatic carbocycles. The van der Waals surface area contributed by atoms with Gasteiger partial charge in [-0.15, -0.1) is 0 Å². The van der Waals surface area contributed by atoms with Gasteiger partial charge in [0, 0.05) is 6.42 Å². The number of phosphoric acid groups is 1. The number of ether oxygens (including phenoxy) is 1. The van der Waals surface area contributed by atoms with Crippen molar-refractivity contribution in [2.24, 2.45) is 0 Å². The molecule has 2 unspecified atom stereocenters. The summed E-state index contributed by atoms with van der Waals surface area (Å²) in [7, 11) is 1.56. The summed E-state index contributed by atoms with van der Waals surface area (Å²) in [6.45, 7) is 2.03. The van der Waals surface area contributed by atoms with Crippen molar-refractivity contribution in [3.63, 3.8) is 0 Å². The van der Waals surface area contributed by atoms with Gasteiger partial charge in [0.15, 0.2) is 0 Å². The number of hydrogen-bond acceptors (Lipinski definition) is 6. The predicted molar refractivity (Wildman–Crippen MR) is 242 cm³/mol. The summed E-state index contributed by atoms with van der Waals surface area (Å²) in [5.41, 5.74) is 0. The van der Waals surface area contributed by atoms with Crippen molar-refractivity contribution in [3.8, 4) is 0 Å². The van der Waals surface area contributed by atoms with Crippen LogP contribution in [0.3, 0.4) is 0 Å². The molecule has 0 heterocycles. The van der Waals surface area contributed by atoms with E-state index in [9.17, 15) is 19.4 Å². The Kier molecular flexibility index (Phi) is 39.2. The first-order valence-electron chi connectivity index (χ1n) is 22.7. The molecular formula is C48H87NO7P+. The molecule has 0 rings (SSSR count). The topological polar surface area (TPSA) is 102 Å². The third-order valence-corrected chi connectivity index (χ3v) is 10.5. The zero-order chi connectivity index (χ0) is 42.0. The lowest BCUT2D eigenvalue weighted by molar-refractivity contribution is -0.870. The van der Waals surface area contributed by atoms with Crippen molar-refractivity contribution < 1.29 is 37.6 Å². The molecule has 2 N–H and O–H groups in total. The predicted octanol–water partition coefficient (Wildman–Crippen LogP) is 13.2. The zero-order valence-corrected chi connectivity index (χ0v) is 37.9. The van der Waals surface area contributed by atoms with Gasteiger partial charge in [-0.2, -0.15) is 0 Å². The van der Waals surface area contributed by atoms with Crippen LogP contribution in [0, 0.1) is 0 Å². The third-order valence-electron chi connectivity index (χ3n) is 9.48. The fourth-order valence-electron chi connectivity index (χ4n) is 5.96. The standard InChI is InChI=1S/C48H86NO7P/c1-5-6-7-8-9-10-11-12-13-14-15-16-17-18-19-20-21-22-23-24-25-26-27-28-29-30-31-32-33-34-35-36-37-38-39-40-41-42-48(51)54-45-47(50)46-56-57(52,53)55-44-43-49(2,3)4/h6-7,9-10,12-13,15-16,18-19,21-22,47,50H,5,8,11,14,17,20,23-46H2,1-4H3/p+1/b7-6-,10-9-,13-12-,16-15-,19-18-,22-21-. The summed E-state index contributed by atoms with van der Waals surface area (Å²) >= 11 is 0. The van der Waals surface area contributed by atoms with Crippen LogP contribution >= 0.6 is 7.82 Å². The van der Waals surface area contributed by atoms with Crippen LogP contribution in [0.4, 0.5) is 0 Å². The number of nitrogens with zero attached hydrogens (tertiary/aromatic N) is 1. The van der Waals surface area contributed by atoms with Gasteiger partial charge < -0.3 is 19.2 Å². The maximum absolute atomic E-state index is 12.0. The fraction of sp³-hybridized carbons (Fsp3) is 0.729. The molecule has 0 aliphatic rings. The Morgan fingerprint density at radius 2 is 0.912 bits per heavy atom.